The first-order chi connectivity index (χ1) is 9.33. The van der Waals surface area contributed by atoms with Gasteiger partial charge in [-0.15, -0.1) is 24.8 Å². The zero-order chi connectivity index (χ0) is 13.5. The molecule has 120 valence electrons. The number of rotatable bonds is 6. The highest BCUT2D eigenvalue weighted by atomic mass is 35.5. The van der Waals surface area contributed by atoms with Gasteiger partial charge in [-0.3, -0.25) is 4.79 Å². The molecule has 2 rings (SSSR count). The van der Waals surface area contributed by atoms with E-state index in [0.29, 0.717) is 12.1 Å². The fourth-order valence-corrected chi connectivity index (χ4v) is 2.29. The van der Waals surface area contributed by atoms with Crippen LogP contribution in [0.3, 0.4) is 0 Å². The van der Waals surface area contributed by atoms with Crippen molar-refractivity contribution in [3.63, 3.8) is 0 Å². The van der Waals surface area contributed by atoms with E-state index in [1.165, 1.54) is 12.8 Å². The number of hydrogen-bond acceptors (Lipinski definition) is 4. The lowest BCUT2D eigenvalue weighted by molar-refractivity contribution is 0.0954. The first kappa shape index (κ1) is 20.0. The Bertz CT molecular complexity index is 425. The summed E-state index contributed by atoms with van der Waals surface area (Å²) in [5.41, 5.74) is 0.681. The molecule has 0 unspecified atom stereocenters. The molecule has 0 spiro atoms. The third-order valence-corrected chi connectivity index (χ3v) is 3.27. The number of carbonyl (C=O) groups is 1. The average molecular weight is 335 g/mol. The average Bonchev–Trinajstić information content (AvgIpc) is 2.97. The fraction of sp³-hybridized carbons (Fsp3) is 0.571. The molecule has 21 heavy (non-hydrogen) atoms. The summed E-state index contributed by atoms with van der Waals surface area (Å²) >= 11 is 0. The van der Waals surface area contributed by atoms with Crippen molar-refractivity contribution in [2.75, 3.05) is 37.6 Å². The molecule has 0 bridgehead atoms. The van der Waals surface area contributed by atoms with E-state index in [9.17, 15) is 4.79 Å². The third-order valence-electron chi connectivity index (χ3n) is 3.27. The number of amides is 1. The van der Waals surface area contributed by atoms with E-state index < -0.39 is 0 Å². The Kier molecular flexibility index (Phi) is 10.1. The molecule has 0 atom stereocenters. The van der Waals surface area contributed by atoms with Gasteiger partial charge in [-0.1, -0.05) is 6.92 Å². The maximum Gasteiger partial charge on any atom is 0.255 e. The van der Waals surface area contributed by atoms with Gasteiger partial charge in [0, 0.05) is 32.4 Å². The van der Waals surface area contributed by atoms with Crippen molar-refractivity contribution in [2.45, 2.75) is 19.8 Å². The number of aromatic nitrogens is 1. The molecule has 1 saturated heterocycles. The molecule has 1 aromatic rings. The molecule has 0 radical (unpaired) electrons. The molecular weight excluding hydrogens is 311 g/mol. The molecule has 7 heteroatoms. The lowest BCUT2D eigenvalue weighted by Gasteiger charge is -2.19. The second kappa shape index (κ2) is 10.7. The minimum atomic E-state index is -0.0343. The Labute approximate surface area is 138 Å². The van der Waals surface area contributed by atoms with Gasteiger partial charge in [0.1, 0.15) is 5.82 Å². The van der Waals surface area contributed by atoms with Crippen LogP contribution in [-0.2, 0) is 0 Å². The second-order valence-electron chi connectivity index (χ2n) is 4.68. The van der Waals surface area contributed by atoms with Gasteiger partial charge in [-0.2, -0.15) is 0 Å². The summed E-state index contributed by atoms with van der Waals surface area (Å²) in [4.78, 5) is 18.7. The highest BCUT2D eigenvalue weighted by Gasteiger charge is 2.20. The first-order valence-electron chi connectivity index (χ1n) is 7.02. The van der Waals surface area contributed by atoms with E-state index in [0.717, 1.165) is 32.0 Å². The second-order valence-corrected chi connectivity index (χ2v) is 4.68. The summed E-state index contributed by atoms with van der Waals surface area (Å²) < 4.78 is 0. The van der Waals surface area contributed by atoms with Gasteiger partial charge in [0.15, 0.2) is 0 Å². The first-order valence-corrected chi connectivity index (χ1v) is 7.02. The zero-order valence-corrected chi connectivity index (χ0v) is 13.9. The predicted molar refractivity (Wildman–Crippen MR) is 91.1 cm³/mol. The van der Waals surface area contributed by atoms with Crippen molar-refractivity contribution in [2.24, 2.45) is 0 Å². The van der Waals surface area contributed by atoms with Crippen molar-refractivity contribution < 1.29 is 4.79 Å². The molecule has 1 aliphatic heterocycles. The van der Waals surface area contributed by atoms with Gasteiger partial charge in [0.2, 0.25) is 0 Å². The minimum absolute atomic E-state index is 0. The molecule has 0 saturated carbocycles. The lowest BCUT2D eigenvalue weighted by Crippen LogP contribution is -2.33. The molecule has 1 amide bonds. The normalized spacial score (nSPS) is 13.3. The largest absolute Gasteiger partial charge is 0.356 e. The van der Waals surface area contributed by atoms with E-state index in [4.69, 9.17) is 0 Å². The third kappa shape index (κ3) is 5.69. The summed E-state index contributed by atoms with van der Waals surface area (Å²) in [6.07, 6.45) is 4.11. The summed E-state index contributed by atoms with van der Waals surface area (Å²) in [7, 11) is 0. The van der Waals surface area contributed by atoms with Crippen molar-refractivity contribution >= 4 is 36.5 Å². The SMILES string of the molecule is CCNCCNC(=O)c1cccnc1N1CCCC1.Cl.Cl. The number of nitrogens with one attached hydrogen (secondary N) is 2. The molecule has 1 aromatic heterocycles. The zero-order valence-electron chi connectivity index (χ0n) is 12.3. The fourth-order valence-electron chi connectivity index (χ4n) is 2.29. The Hall–Kier alpha value is -1.04. The lowest BCUT2D eigenvalue weighted by atomic mass is 10.2. The highest BCUT2D eigenvalue weighted by Crippen LogP contribution is 2.21. The molecule has 0 aromatic carbocycles. The minimum Gasteiger partial charge on any atom is -0.356 e. The van der Waals surface area contributed by atoms with Gasteiger partial charge >= 0.3 is 0 Å². The van der Waals surface area contributed by atoms with E-state index in [2.05, 4.69) is 27.4 Å². The monoisotopic (exact) mass is 334 g/mol. The van der Waals surface area contributed by atoms with Gasteiger partial charge in [0.25, 0.3) is 5.91 Å². The summed E-state index contributed by atoms with van der Waals surface area (Å²) in [6.45, 7) is 6.39. The number of halogens is 2. The van der Waals surface area contributed by atoms with Crippen LogP contribution in [0.5, 0.6) is 0 Å². The van der Waals surface area contributed by atoms with Crippen LogP contribution in [0.4, 0.5) is 5.82 Å². The summed E-state index contributed by atoms with van der Waals surface area (Å²) in [5, 5.41) is 6.11. The van der Waals surface area contributed by atoms with E-state index in [1.807, 2.05) is 12.1 Å². The maximum absolute atomic E-state index is 12.2. The van der Waals surface area contributed by atoms with Crippen LogP contribution in [0.25, 0.3) is 0 Å². The van der Waals surface area contributed by atoms with Crippen LogP contribution in [0, 0.1) is 0 Å². The quantitative estimate of drug-likeness (QED) is 0.780. The topological polar surface area (TPSA) is 57.3 Å². The Morgan fingerprint density at radius 1 is 1.29 bits per heavy atom. The van der Waals surface area contributed by atoms with E-state index in [-0.39, 0.29) is 30.7 Å². The number of pyridine rings is 1. The number of carbonyl (C=O) groups excluding carboxylic acids is 1. The van der Waals surface area contributed by atoms with Gasteiger partial charge < -0.3 is 15.5 Å². The molecule has 5 nitrogen and oxygen atoms in total. The number of hydrogen-bond donors (Lipinski definition) is 2. The highest BCUT2D eigenvalue weighted by molar-refractivity contribution is 5.98. The van der Waals surface area contributed by atoms with Crippen LogP contribution in [0.15, 0.2) is 18.3 Å². The van der Waals surface area contributed by atoms with Crippen LogP contribution < -0.4 is 15.5 Å². The van der Waals surface area contributed by atoms with Gasteiger partial charge in [-0.05, 0) is 31.5 Å². The summed E-state index contributed by atoms with van der Waals surface area (Å²) in [5.74, 6) is 0.786. The predicted octanol–water partition coefficient (Wildman–Crippen LogP) is 1.86. The molecular formula is C14H24Cl2N4O. The van der Waals surface area contributed by atoms with Gasteiger partial charge in [-0.25, -0.2) is 4.98 Å². The van der Waals surface area contributed by atoms with Crippen LogP contribution in [-0.4, -0.2) is 43.6 Å². The number of likely N-dealkylation sites (N-methyl/N-ethyl adjacent to an activating group) is 1. The van der Waals surface area contributed by atoms with Crippen LogP contribution >= 0.6 is 24.8 Å². The van der Waals surface area contributed by atoms with Crippen molar-refractivity contribution in [1.29, 1.82) is 0 Å². The molecule has 1 fully saturated rings. The summed E-state index contributed by atoms with van der Waals surface area (Å²) in [6, 6.07) is 3.67. The Morgan fingerprint density at radius 3 is 2.67 bits per heavy atom. The van der Waals surface area contributed by atoms with E-state index in [1.54, 1.807) is 6.20 Å². The molecule has 0 aliphatic carbocycles. The van der Waals surface area contributed by atoms with E-state index >= 15 is 0 Å². The Balaban J connectivity index is 0.00000200. The van der Waals surface area contributed by atoms with Crippen molar-refractivity contribution in [1.82, 2.24) is 15.6 Å². The van der Waals surface area contributed by atoms with Crippen LogP contribution in [0.1, 0.15) is 30.1 Å². The van der Waals surface area contributed by atoms with Crippen LogP contribution in [0.2, 0.25) is 0 Å². The van der Waals surface area contributed by atoms with Crippen molar-refractivity contribution in [3.05, 3.63) is 23.9 Å². The smallest absolute Gasteiger partial charge is 0.255 e. The Morgan fingerprint density at radius 2 is 2.00 bits per heavy atom. The maximum atomic E-state index is 12.2. The standard InChI is InChI=1S/C14H22N4O.2ClH/c1-2-15-8-9-17-14(19)12-6-5-7-16-13(12)18-10-3-4-11-18;;/h5-7,15H,2-4,8-11H2,1H3,(H,17,19);2*1H. The number of nitrogens with zero attached hydrogens (tertiary/aromatic N) is 2. The molecule has 1 aliphatic rings. The molecule has 2 N–H and O–H groups in total. The number of anilines is 1. The van der Waals surface area contributed by atoms with Crippen molar-refractivity contribution in [3.8, 4) is 0 Å². The van der Waals surface area contributed by atoms with Gasteiger partial charge in [0.05, 0.1) is 5.56 Å². The molecule has 2 heterocycles.